The van der Waals surface area contributed by atoms with Gasteiger partial charge < -0.3 is 20.3 Å². The number of piperidine rings is 1. The fourth-order valence-electron chi connectivity index (χ4n) is 4.45. The standard InChI is InChI=1S/C19H23N5O3.2ClH/c20-10-13-4-3-7-24(13)19(26)18-12-8-14(22-18)15(9-12)27-11-17(25)23-16-5-1-2-6-21-16;;/h1-2,5-6,12-15,18,22H,3-4,7-9,11H2,(H,21,23,25);2*1H/t12-,13+,14+,15-,18+;;/m1../s1. The molecule has 5 atom stereocenters. The van der Waals surface area contributed by atoms with Crippen molar-refractivity contribution in [2.24, 2.45) is 5.92 Å². The quantitative estimate of drug-likeness (QED) is 0.716. The summed E-state index contributed by atoms with van der Waals surface area (Å²) >= 11 is 0. The highest BCUT2D eigenvalue weighted by Crippen LogP contribution is 2.38. The van der Waals surface area contributed by atoms with E-state index in [1.165, 1.54) is 0 Å². The molecule has 3 aliphatic rings. The molecule has 2 saturated heterocycles. The molecular formula is C19H25Cl2N5O3. The molecule has 2 aliphatic heterocycles. The van der Waals surface area contributed by atoms with Crippen molar-refractivity contribution in [1.82, 2.24) is 15.2 Å². The van der Waals surface area contributed by atoms with Gasteiger partial charge in [-0.1, -0.05) is 6.07 Å². The molecule has 3 heterocycles. The Hall–Kier alpha value is -1.92. The number of halogens is 2. The van der Waals surface area contributed by atoms with E-state index in [1.54, 1.807) is 29.3 Å². The van der Waals surface area contributed by atoms with Crippen molar-refractivity contribution < 1.29 is 14.3 Å². The fraction of sp³-hybridized carbons (Fsp3) is 0.579. The number of nitrogens with one attached hydrogen (secondary N) is 2. The number of carbonyl (C=O) groups excluding carboxylic acids is 2. The van der Waals surface area contributed by atoms with Gasteiger partial charge in [0.05, 0.1) is 18.2 Å². The third-order valence-corrected chi connectivity index (χ3v) is 5.72. The lowest BCUT2D eigenvalue weighted by Crippen LogP contribution is -2.54. The van der Waals surface area contributed by atoms with Crippen LogP contribution < -0.4 is 10.6 Å². The molecule has 8 nitrogen and oxygen atoms in total. The van der Waals surface area contributed by atoms with Crippen LogP contribution in [0.15, 0.2) is 24.4 Å². The van der Waals surface area contributed by atoms with Gasteiger partial charge >= 0.3 is 0 Å². The maximum Gasteiger partial charge on any atom is 0.251 e. The lowest BCUT2D eigenvalue weighted by molar-refractivity contribution is -0.135. The van der Waals surface area contributed by atoms with Crippen LogP contribution in [-0.2, 0) is 14.3 Å². The second kappa shape index (κ2) is 10.2. The smallest absolute Gasteiger partial charge is 0.251 e. The largest absolute Gasteiger partial charge is 0.367 e. The molecular weight excluding hydrogens is 417 g/mol. The predicted octanol–water partition coefficient (Wildman–Crippen LogP) is 1.51. The minimum absolute atomic E-state index is 0. The van der Waals surface area contributed by atoms with E-state index in [2.05, 4.69) is 21.7 Å². The molecule has 2 N–H and O–H groups in total. The van der Waals surface area contributed by atoms with Crippen molar-refractivity contribution in [3.8, 4) is 6.07 Å². The van der Waals surface area contributed by atoms with Crippen LogP contribution in [0.2, 0.25) is 0 Å². The Morgan fingerprint density at radius 3 is 2.83 bits per heavy atom. The number of anilines is 1. The van der Waals surface area contributed by atoms with Crippen LogP contribution in [0.3, 0.4) is 0 Å². The van der Waals surface area contributed by atoms with Crippen molar-refractivity contribution in [2.75, 3.05) is 18.5 Å². The first-order chi connectivity index (χ1) is 13.2. The minimum Gasteiger partial charge on any atom is -0.367 e. The topological polar surface area (TPSA) is 107 Å². The van der Waals surface area contributed by atoms with Crippen LogP contribution >= 0.6 is 24.8 Å². The summed E-state index contributed by atoms with van der Waals surface area (Å²) in [5.41, 5.74) is 0. The molecule has 3 fully saturated rings. The van der Waals surface area contributed by atoms with Gasteiger partial charge in [0.15, 0.2) is 0 Å². The first-order valence-electron chi connectivity index (χ1n) is 9.44. The van der Waals surface area contributed by atoms with Crippen LogP contribution in [0, 0.1) is 17.2 Å². The molecule has 0 spiro atoms. The first kappa shape index (κ1) is 23.4. The van der Waals surface area contributed by atoms with E-state index in [-0.39, 0.29) is 73.4 Å². The van der Waals surface area contributed by atoms with Gasteiger partial charge in [0.2, 0.25) is 5.91 Å². The number of amides is 2. The van der Waals surface area contributed by atoms with Crippen LogP contribution in [0.4, 0.5) is 5.82 Å². The number of nitriles is 1. The van der Waals surface area contributed by atoms with Gasteiger partial charge in [0, 0.05) is 18.8 Å². The summed E-state index contributed by atoms with van der Waals surface area (Å²) in [7, 11) is 0. The molecule has 1 aliphatic carbocycles. The third kappa shape index (κ3) is 4.98. The van der Waals surface area contributed by atoms with Gasteiger partial charge in [0.25, 0.3) is 5.91 Å². The van der Waals surface area contributed by atoms with Gasteiger partial charge in [-0.3, -0.25) is 9.59 Å². The summed E-state index contributed by atoms with van der Waals surface area (Å²) in [6.07, 6.45) is 4.83. The number of fused-ring (bicyclic) bond motifs is 2. The van der Waals surface area contributed by atoms with Crippen LogP contribution in [-0.4, -0.2) is 59.1 Å². The molecule has 158 valence electrons. The second-order valence-corrected chi connectivity index (χ2v) is 7.41. The number of rotatable bonds is 5. The molecule has 2 amide bonds. The molecule has 2 bridgehead atoms. The second-order valence-electron chi connectivity index (χ2n) is 7.41. The van der Waals surface area contributed by atoms with Crippen LogP contribution in [0.1, 0.15) is 25.7 Å². The van der Waals surface area contributed by atoms with E-state index in [9.17, 15) is 14.9 Å². The zero-order valence-electron chi connectivity index (χ0n) is 15.8. The molecule has 1 aromatic rings. The first-order valence-corrected chi connectivity index (χ1v) is 9.44. The zero-order chi connectivity index (χ0) is 18.8. The highest BCUT2D eigenvalue weighted by atomic mass is 35.5. The SMILES string of the molecule is Cl.Cl.N#C[C@@H]1CCCN1C(=O)[C@H]1N[C@H]2C[C@@H]1C[C@H]2OCC(=O)Nc1ccccn1. The molecule has 0 aromatic carbocycles. The van der Waals surface area contributed by atoms with Gasteiger partial charge in [-0.05, 0) is 43.7 Å². The Labute approximate surface area is 182 Å². The third-order valence-electron chi connectivity index (χ3n) is 5.72. The Morgan fingerprint density at radius 1 is 1.34 bits per heavy atom. The Balaban J connectivity index is 0.00000150. The summed E-state index contributed by atoms with van der Waals surface area (Å²) < 4.78 is 5.79. The van der Waals surface area contributed by atoms with E-state index in [1.807, 2.05) is 0 Å². The number of aromatic nitrogens is 1. The van der Waals surface area contributed by atoms with E-state index in [0.717, 1.165) is 25.7 Å². The average molecular weight is 442 g/mol. The molecule has 0 radical (unpaired) electrons. The summed E-state index contributed by atoms with van der Waals surface area (Å²) in [6.45, 7) is 0.633. The number of nitrogens with zero attached hydrogens (tertiary/aromatic N) is 3. The van der Waals surface area contributed by atoms with Crippen molar-refractivity contribution in [1.29, 1.82) is 5.26 Å². The molecule has 1 aromatic heterocycles. The van der Waals surface area contributed by atoms with Gasteiger partial charge in [-0.2, -0.15) is 5.26 Å². The maximum absolute atomic E-state index is 12.8. The van der Waals surface area contributed by atoms with Gasteiger partial charge in [0.1, 0.15) is 18.5 Å². The Kier molecular flexibility index (Phi) is 8.23. The number of likely N-dealkylation sites (tertiary alicyclic amines) is 1. The number of ether oxygens (including phenoxy) is 1. The van der Waals surface area contributed by atoms with E-state index < -0.39 is 0 Å². The zero-order valence-corrected chi connectivity index (χ0v) is 17.5. The van der Waals surface area contributed by atoms with E-state index in [4.69, 9.17) is 4.74 Å². The normalized spacial score (nSPS) is 29.5. The van der Waals surface area contributed by atoms with Crippen molar-refractivity contribution in [3.63, 3.8) is 0 Å². The van der Waals surface area contributed by atoms with Crippen LogP contribution in [0.5, 0.6) is 0 Å². The summed E-state index contributed by atoms with van der Waals surface area (Å²) in [6, 6.07) is 7.09. The monoisotopic (exact) mass is 441 g/mol. The number of hydrogen-bond acceptors (Lipinski definition) is 6. The molecule has 29 heavy (non-hydrogen) atoms. The summed E-state index contributed by atoms with van der Waals surface area (Å²) in [5, 5.41) is 15.3. The minimum atomic E-state index is -0.291. The molecule has 10 heteroatoms. The summed E-state index contributed by atoms with van der Waals surface area (Å²) in [5.74, 6) is 0.503. The summed E-state index contributed by atoms with van der Waals surface area (Å²) in [4.78, 5) is 30.6. The van der Waals surface area contributed by atoms with Crippen molar-refractivity contribution in [3.05, 3.63) is 24.4 Å². The number of hydrogen-bond donors (Lipinski definition) is 2. The number of pyridine rings is 1. The van der Waals surface area contributed by atoms with Crippen LogP contribution in [0.25, 0.3) is 0 Å². The van der Waals surface area contributed by atoms with Crippen molar-refractivity contribution in [2.45, 2.75) is 49.9 Å². The molecule has 1 saturated carbocycles. The Morgan fingerprint density at radius 2 is 2.17 bits per heavy atom. The highest BCUT2D eigenvalue weighted by molar-refractivity contribution is 5.90. The predicted molar refractivity (Wildman–Crippen MR) is 111 cm³/mol. The van der Waals surface area contributed by atoms with Crippen molar-refractivity contribution >= 4 is 42.4 Å². The van der Waals surface area contributed by atoms with Gasteiger partial charge in [-0.15, -0.1) is 24.8 Å². The lowest BCUT2D eigenvalue weighted by Gasteiger charge is -2.32. The van der Waals surface area contributed by atoms with E-state index in [0.29, 0.717) is 12.4 Å². The highest BCUT2D eigenvalue weighted by Gasteiger charge is 2.50. The fourth-order valence-corrected chi connectivity index (χ4v) is 4.45. The van der Waals surface area contributed by atoms with E-state index >= 15 is 0 Å². The number of carbonyl (C=O) groups is 2. The molecule has 0 unspecified atom stereocenters. The van der Waals surface area contributed by atoms with Gasteiger partial charge in [-0.25, -0.2) is 4.98 Å². The Bertz CT molecular complexity index is 760. The maximum atomic E-state index is 12.8. The lowest BCUT2D eigenvalue weighted by atomic mass is 9.97. The molecule has 4 rings (SSSR count). The average Bonchev–Trinajstić information content (AvgIpc) is 3.41.